The molecule has 2 N–H and O–H groups in total. The highest BCUT2D eigenvalue weighted by molar-refractivity contribution is 6.31. The maximum absolute atomic E-state index is 12.6. The summed E-state index contributed by atoms with van der Waals surface area (Å²) < 4.78 is 5.23. The summed E-state index contributed by atoms with van der Waals surface area (Å²) in [7, 11) is 1.49. The summed E-state index contributed by atoms with van der Waals surface area (Å²) in [6.07, 6.45) is 4.02. The predicted molar refractivity (Wildman–Crippen MR) is 114 cm³/mol. The lowest BCUT2D eigenvalue weighted by Crippen LogP contribution is -2.14. The average Bonchev–Trinajstić information content (AvgIpc) is 3.20. The van der Waals surface area contributed by atoms with E-state index in [1.807, 2.05) is 30.3 Å². The van der Waals surface area contributed by atoms with Crippen LogP contribution in [0.15, 0.2) is 54.2 Å². The van der Waals surface area contributed by atoms with Gasteiger partial charge in [-0.2, -0.15) is 10.4 Å². The first-order valence-corrected chi connectivity index (χ1v) is 9.32. The zero-order chi connectivity index (χ0) is 20.8. The van der Waals surface area contributed by atoms with Crippen LogP contribution in [0.3, 0.4) is 0 Å². The lowest BCUT2D eigenvalue weighted by Gasteiger charge is -2.10. The molecule has 0 spiro atoms. The number of benzene rings is 2. The Labute approximate surface area is 173 Å². The number of hydrogen-bond donors (Lipinski definition) is 2. The molecule has 0 aliphatic rings. The van der Waals surface area contributed by atoms with Crippen molar-refractivity contribution in [3.8, 4) is 23.1 Å². The largest absolute Gasteiger partial charge is 0.495 e. The number of nitriles is 1. The van der Waals surface area contributed by atoms with Crippen LogP contribution >= 0.6 is 11.6 Å². The molecule has 1 aromatic heterocycles. The number of hydrogen-bond acceptors (Lipinski definition) is 4. The Kier molecular flexibility index (Phi) is 6.32. The van der Waals surface area contributed by atoms with Crippen molar-refractivity contribution >= 4 is 29.3 Å². The first-order valence-electron chi connectivity index (χ1n) is 8.95. The van der Waals surface area contributed by atoms with Crippen LogP contribution < -0.4 is 10.1 Å². The number of aromatic amines is 1. The first kappa shape index (κ1) is 20.2. The third-order valence-corrected chi connectivity index (χ3v) is 4.63. The number of anilines is 1. The molecule has 3 aromatic rings. The molecule has 146 valence electrons. The van der Waals surface area contributed by atoms with Gasteiger partial charge in [0.05, 0.1) is 24.7 Å². The molecular formula is C22H19ClN4O2. The van der Waals surface area contributed by atoms with Gasteiger partial charge in [-0.1, -0.05) is 42.8 Å². The van der Waals surface area contributed by atoms with Crippen molar-refractivity contribution in [3.05, 3.63) is 70.4 Å². The van der Waals surface area contributed by atoms with Gasteiger partial charge in [-0.25, -0.2) is 0 Å². The van der Waals surface area contributed by atoms with E-state index in [1.54, 1.807) is 24.4 Å². The summed E-state index contributed by atoms with van der Waals surface area (Å²) in [6.45, 7) is 2.09. The number of methoxy groups -OCH3 is 1. The monoisotopic (exact) mass is 406 g/mol. The Morgan fingerprint density at radius 1 is 1.31 bits per heavy atom. The molecule has 2 aromatic carbocycles. The Bertz CT molecular complexity index is 1090. The highest BCUT2D eigenvalue weighted by Crippen LogP contribution is 2.28. The van der Waals surface area contributed by atoms with Gasteiger partial charge in [0.1, 0.15) is 17.4 Å². The average molecular weight is 407 g/mol. The lowest BCUT2D eigenvalue weighted by molar-refractivity contribution is -0.112. The first-order chi connectivity index (χ1) is 14.0. The van der Waals surface area contributed by atoms with E-state index in [0.717, 1.165) is 17.7 Å². The van der Waals surface area contributed by atoms with Gasteiger partial charge in [-0.15, -0.1) is 0 Å². The topological polar surface area (TPSA) is 90.8 Å². The molecule has 0 unspecified atom stereocenters. The van der Waals surface area contributed by atoms with Gasteiger partial charge in [-0.3, -0.25) is 9.89 Å². The van der Waals surface area contributed by atoms with E-state index in [0.29, 0.717) is 22.0 Å². The van der Waals surface area contributed by atoms with Crippen molar-refractivity contribution in [2.24, 2.45) is 0 Å². The highest BCUT2D eigenvalue weighted by atomic mass is 35.5. The van der Waals surface area contributed by atoms with Crippen LogP contribution in [-0.2, 0) is 11.2 Å². The molecule has 1 amide bonds. The van der Waals surface area contributed by atoms with E-state index in [2.05, 4.69) is 22.4 Å². The molecule has 0 atom stereocenters. The van der Waals surface area contributed by atoms with Crippen molar-refractivity contribution in [3.63, 3.8) is 0 Å². The van der Waals surface area contributed by atoms with Gasteiger partial charge < -0.3 is 10.1 Å². The fourth-order valence-corrected chi connectivity index (χ4v) is 2.99. The van der Waals surface area contributed by atoms with E-state index < -0.39 is 5.91 Å². The van der Waals surface area contributed by atoms with Gasteiger partial charge >= 0.3 is 0 Å². The molecule has 6 nitrogen and oxygen atoms in total. The number of H-pyrrole nitrogens is 1. The SMILES string of the molecule is CCc1ccc(-c2[nH]ncc2/C=C(\C#N)C(=O)Nc2cc(Cl)ccc2OC)cc1. The van der Waals surface area contributed by atoms with Crippen LogP contribution in [0, 0.1) is 11.3 Å². The Morgan fingerprint density at radius 3 is 2.72 bits per heavy atom. The molecule has 0 bridgehead atoms. The summed E-state index contributed by atoms with van der Waals surface area (Å²) in [5.41, 5.74) is 3.82. The number of ether oxygens (including phenoxy) is 1. The third kappa shape index (κ3) is 4.65. The standard InChI is InChI=1S/C22H19ClN4O2/c1-3-14-4-6-15(7-5-14)21-17(13-25-27-21)10-16(12-24)22(28)26-19-11-18(23)8-9-20(19)29-2/h4-11,13H,3H2,1-2H3,(H,25,27)(H,26,28)/b16-10+. The quantitative estimate of drug-likeness (QED) is 0.452. The summed E-state index contributed by atoms with van der Waals surface area (Å²) in [5, 5.41) is 19.6. The summed E-state index contributed by atoms with van der Waals surface area (Å²) >= 11 is 6.00. The zero-order valence-corrected chi connectivity index (χ0v) is 16.7. The molecule has 7 heteroatoms. The van der Waals surface area contributed by atoms with Crippen LogP contribution in [-0.4, -0.2) is 23.2 Å². The molecule has 0 saturated heterocycles. The third-order valence-electron chi connectivity index (χ3n) is 4.39. The Balaban J connectivity index is 1.89. The number of aromatic nitrogens is 2. The smallest absolute Gasteiger partial charge is 0.266 e. The maximum Gasteiger partial charge on any atom is 0.266 e. The fraction of sp³-hybridized carbons (Fsp3) is 0.136. The van der Waals surface area contributed by atoms with Crippen molar-refractivity contribution in [2.75, 3.05) is 12.4 Å². The molecular weight excluding hydrogens is 388 g/mol. The van der Waals surface area contributed by atoms with Crippen molar-refractivity contribution in [1.29, 1.82) is 5.26 Å². The minimum absolute atomic E-state index is 0.0696. The van der Waals surface area contributed by atoms with E-state index in [4.69, 9.17) is 16.3 Å². The molecule has 0 aliphatic heterocycles. The van der Waals surface area contributed by atoms with Crippen molar-refractivity contribution in [2.45, 2.75) is 13.3 Å². The number of nitrogens with zero attached hydrogens (tertiary/aromatic N) is 2. The van der Waals surface area contributed by atoms with Gasteiger partial charge in [-0.05, 0) is 36.3 Å². The molecule has 0 fully saturated rings. The van der Waals surface area contributed by atoms with Crippen LogP contribution in [0.2, 0.25) is 5.02 Å². The fourth-order valence-electron chi connectivity index (χ4n) is 2.81. The van der Waals surface area contributed by atoms with Crippen molar-refractivity contribution < 1.29 is 9.53 Å². The minimum atomic E-state index is -0.568. The maximum atomic E-state index is 12.6. The summed E-state index contributed by atoms with van der Waals surface area (Å²) in [6, 6.07) is 14.8. The van der Waals surface area contributed by atoms with E-state index in [1.165, 1.54) is 18.7 Å². The number of carbonyl (C=O) groups is 1. The van der Waals surface area contributed by atoms with E-state index in [-0.39, 0.29) is 5.57 Å². The van der Waals surface area contributed by atoms with E-state index in [9.17, 15) is 10.1 Å². The van der Waals surface area contributed by atoms with Gasteiger partial charge in [0.15, 0.2) is 0 Å². The Hall–Kier alpha value is -3.56. The molecule has 1 heterocycles. The number of rotatable bonds is 6. The number of nitrogens with one attached hydrogen (secondary N) is 2. The predicted octanol–water partition coefficient (Wildman–Crippen LogP) is 4.85. The number of amides is 1. The number of halogens is 1. The van der Waals surface area contributed by atoms with E-state index >= 15 is 0 Å². The zero-order valence-electron chi connectivity index (χ0n) is 16.0. The van der Waals surface area contributed by atoms with Crippen LogP contribution in [0.4, 0.5) is 5.69 Å². The molecule has 0 saturated carbocycles. The molecule has 29 heavy (non-hydrogen) atoms. The van der Waals surface area contributed by atoms with Gasteiger partial charge in [0.25, 0.3) is 5.91 Å². The second-order valence-corrected chi connectivity index (χ2v) is 6.66. The lowest BCUT2D eigenvalue weighted by atomic mass is 10.0. The Morgan fingerprint density at radius 2 is 2.07 bits per heavy atom. The molecule has 3 rings (SSSR count). The van der Waals surface area contributed by atoms with Crippen LogP contribution in [0.25, 0.3) is 17.3 Å². The van der Waals surface area contributed by atoms with Crippen LogP contribution in [0.5, 0.6) is 5.75 Å². The van der Waals surface area contributed by atoms with Gasteiger partial charge in [0.2, 0.25) is 0 Å². The summed E-state index contributed by atoms with van der Waals surface area (Å²) in [5.74, 6) is -0.124. The highest BCUT2D eigenvalue weighted by Gasteiger charge is 2.15. The molecule has 0 aliphatic carbocycles. The number of aryl methyl sites for hydroxylation is 1. The normalized spacial score (nSPS) is 11.0. The number of carbonyl (C=O) groups excluding carboxylic acids is 1. The molecule has 0 radical (unpaired) electrons. The second kappa shape index (κ2) is 9.09. The minimum Gasteiger partial charge on any atom is -0.495 e. The second-order valence-electron chi connectivity index (χ2n) is 6.22. The summed E-state index contributed by atoms with van der Waals surface area (Å²) in [4.78, 5) is 12.6. The van der Waals surface area contributed by atoms with Crippen LogP contribution in [0.1, 0.15) is 18.1 Å². The van der Waals surface area contributed by atoms with Crippen molar-refractivity contribution in [1.82, 2.24) is 10.2 Å². The van der Waals surface area contributed by atoms with Gasteiger partial charge in [0, 0.05) is 16.1 Å².